The van der Waals surface area contributed by atoms with Crippen molar-refractivity contribution >= 4 is 17.4 Å². The van der Waals surface area contributed by atoms with Crippen LogP contribution in [0.25, 0.3) is 0 Å². The van der Waals surface area contributed by atoms with Gasteiger partial charge in [-0.15, -0.1) is 0 Å². The summed E-state index contributed by atoms with van der Waals surface area (Å²) in [7, 11) is 0. The molecule has 0 unspecified atom stereocenters. The SMILES string of the molecule is Clc1nc2c(c(N3CCc4ccccc4C3)n1)CNC2. The summed E-state index contributed by atoms with van der Waals surface area (Å²) in [5.74, 6) is 1.000. The van der Waals surface area contributed by atoms with Crippen LogP contribution < -0.4 is 10.2 Å². The topological polar surface area (TPSA) is 41.1 Å². The van der Waals surface area contributed by atoms with E-state index in [1.807, 2.05) is 0 Å². The molecule has 5 heteroatoms. The van der Waals surface area contributed by atoms with Gasteiger partial charge in [-0.3, -0.25) is 0 Å². The third kappa shape index (κ3) is 1.96. The fraction of sp³-hybridized carbons (Fsp3) is 0.333. The van der Waals surface area contributed by atoms with Crippen LogP contribution >= 0.6 is 11.6 Å². The maximum absolute atomic E-state index is 6.07. The molecule has 20 heavy (non-hydrogen) atoms. The Hall–Kier alpha value is -1.65. The van der Waals surface area contributed by atoms with Gasteiger partial charge >= 0.3 is 0 Å². The molecular formula is C15H15ClN4. The van der Waals surface area contributed by atoms with Gasteiger partial charge in [-0.2, -0.15) is 0 Å². The monoisotopic (exact) mass is 286 g/mol. The fourth-order valence-corrected chi connectivity index (χ4v) is 3.24. The molecule has 2 aliphatic rings. The minimum absolute atomic E-state index is 0.348. The quantitative estimate of drug-likeness (QED) is 0.817. The second kappa shape index (κ2) is 4.72. The number of anilines is 1. The first-order valence-electron chi connectivity index (χ1n) is 6.89. The largest absolute Gasteiger partial charge is 0.352 e. The molecule has 0 amide bonds. The molecule has 3 heterocycles. The number of nitrogens with one attached hydrogen (secondary N) is 1. The second-order valence-corrected chi connectivity index (χ2v) is 5.62. The molecule has 1 aromatic heterocycles. The van der Waals surface area contributed by atoms with E-state index in [4.69, 9.17) is 11.6 Å². The number of hydrogen-bond acceptors (Lipinski definition) is 4. The molecule has 102 valence electrons. The van der Waals surface area contributed by atoms with E-state index in [-0.39, 0.29) is 0 Å². The Balaban J connectivity index is 1.73. The first-order valence-corrected chi connectivity index (χ1v) is 7.27. The van der Waals surface area contributed by atoms with E-state index in [0.717, 1.165) is 44.1 Å². The molecule has 2 aromatic rings. The molecule has 0 fully saturated rings. The second-order valence-electron chi connectivity index (χ2n) is 5.29. The van der Waals surface area contributed by atoms with E-state index >= 15 is 0 Å². The zero-order chi connectivity index (χ0) is 13.5. The minimum atomic E-state index is 0.348. The number of benzene rings is 1. The van der Waals surface area contributed by atoms with Crippen molar-refractivity contribution in [2.45, 2.75) is 26.1 Å². The predicted molar refractivity (Wildman–Crippen MR) is 78.8 cm³/mol. The molecule has 4 nitrogen and oxygen atoms in total. The number of fused-ring (bicyclic) bond motifs is 2. The van der Waals surface area contributed by atoms with Crippen LogP contribution in [0.15, 0.2) is 24.3 Å². The van der Waals surface area contributed by atoms with Crippen molar-refractivity contribution in [3.8, 4) is 0 Å². The number of halogens is 1. The summed E-state index contributed by atoms with van der Waals surface area (Å²) in [6, 6.07) is 8.62. The Morgan fingerprint density at radius 1 is 1.10 bits per heavy atom. The average Bonchev–Trinajstić information content (AvgIpc) is 2.94. The lowest BCUT2D eigenvalue weighted by molar-refractivity contribution is 0.710. The van der Waals surface area contributed by atoms with Crippen LogP contribution in [0.2, 0.25) is 5.28 Å². The van der Waals surface area contributed by atoms with Gasteiger partial charge in [0.15, 0.2) is 0 Å². The van der Waals surface area contributed by atoms with E-state index in [2.05, 4.69) is 44.5 Å². The van der Waals surface area contributed by atoms with Crippen molar-refractivity contribution in [2.75, 3.05) is 11.4 Å². The summed E-state index contributed by atoms with van der Waals surface area (Å²) in [5.41, 5.74) is 5.07. The smallest absolute Gasteiger partial charge is 0.224 e. The van der Waals surface area contributed by atoms with Gasteiger partial charge in [-0.25, -0.2) is 9.97 Å². The molecule has 4 rings (SSSR count). The van der Waals surface area contributed by atoms with E-state index in [0.29, 0.717) is 5.28 Å². The third-order valence-electron chi connectivity index (χ3n) is 4.07. The molecule has 0 atom stereocenters. The summed E-state index contributed by atoms with van der Waals surface area (Å²) in [6.07, 6.45) is 1.06. The lowest BCUT2D eigenvalue weighted by atomic mass is 9.99. The van der Waals surface area contributed by atoms with Gasteiger partial charge in [0, 0.05) is 31.7 Å². The summed E-state index contributed by atoms with van der Waals surface area (Å²) < 4.78 is 0. The molecule has 0 radical (unpaired) electrons. The standard InChI is InChI=1S/C15H15ClN4/c16-15-18-13-8-17-7-12(13)14(19-15)20-6-5-10-3-1-2-4-11(10)9-20/h1-4,17H,5-9H2. The summed E-state index contributed by atoms with van der Waals surface area (Å²) in [4.78, 5) is 11.1. The molecular weight excluding hydrogens is 272 g/mol. The normalized spacial score (nSPS) is 16.9. The number of aromatic nitrogens is 2. The maximum atomic E-state index is 6.07. The van der Waals surface area contributed by atoms with Crippen molar-refractivity contribution in [2.24, 2.45) is 0 Å². The molecule has 1 aromatic carbocycles. The van der Waals surface area contributed by atoms with Crippen molar-refractivity contribution < 1.29 is 0 Å². The predicted octanol–water partition coefficient (Wildman–Crippen LogP) is 2.30. The summed E-state index contributed by atoms with van der Waals surface area (Å²) in [6.45, 7) is 3.50. The van der Waals surface area contributed by atoms with Gasteiger partial charge in [0.05, 0.1) is 5.69 Å². The van der Waals surface area contributed by atoms with Gasteiger partial charge in [0.2, 0.25) is 5.28 Å². The highest BCUT2D eigenvalue weighted by Crippen LogP contribution is 2.30. The Kier molecular flexibility index (Phi) is 2.86. The Bertz CT molecular complexity index is 671. The van der Waals surface area contributed by atoms with Crippen molar-refractivity contribution in [3.05, 3.63) is 51.9 Å². The Morgan fingerprint density at radius 3 is 2.85 bits per heavy atom. The van der Waals surface area contributed by atoms with Gasteiger partial charge in [0.25, 0.3) is 0 Å². The first-order chi connectivity index (χ1) is 9.81. The molecule has 0 saturated carbocycles. The summed E-state index contributed by atoms with van der Waals surface area (Å²) in [5, 5.41) is 3.67. The van der Waals surface area contributed by atoms with Crippen LogP contribution in [0.5, 0.6) is 0 Å². The fourth-order valence-electron chi connectivity index (χ4n) is 3.06. The maximum Gasteiger partial charge on any atom is 0.224 e. The Labute approximate surface area is 122 Å². The Morgan fingerprint density at radius 2 is 1.95 bits per heavy atom. The lowest BCUT2D eigenvalue weighted by Gasteiger charge is -2.31. The van der Waals surface area contributed by atoms with Crippen LogP contribution in [-0.4, -0.2) is 16.5 Å². The van der Waals surface area contributed by atoms with E-state index in [9.17, 15) is 0 Å². The van der Waals surface area contributed by atoms with Gasteiger partial charge in [-0.05, 0) is 29.1 Å². The zero-order valence-electron chi connectivity index (χ0n) is 11.1. The van der Waals surface area contributed by atoms with Gasteiger partial charge in [-0.1, -0.05) is 24.3 Å². The number of rotatable bonds is 1. The van der Waals surface area contributed by atoms with Crippen molar-refractivity contribution in [1.29, 1.82) is 0 Å². The van der Waals surface area contributed by atoms with Crippen LogP contribution in [0.4, 0.5) is 5.82 Å². The molecule has 2 aliphatic heterocycles. The molecule has 1 N–H and O–H groups in total. The molecule has 0 saturated heterocycles. The van der Waals surface area contributed by atoms with Crippen LogP contribution in [-0.2, 0) is 26.1 Å². The number of nitrogens with zero attached hydrogens (tertiary/aromatic N) is 3. The first kappa shape index (κ1) is 12.1. The molecule has 0 aliphatic carbocycles. The van der Waals surface area contributed by atoms with Gasteiger partial charge < -0.3 is 10.2 Å². The van der Waals surface area contributed by atoms with Crippen LogP contribution in [0, 0.1) is 0 Å². The number of hydrogen-bond donors (Lipinski definition) is 1. The minimum Gasteiger partial charge on any atom is -0.352 e. The van der Waals surface area contributed by atoms with E-state index in [1.165, 1.54) is 16.7 Å². The van der Waals surface area contributed by atoms with Crippen molar-refractivity contribution in [1.82, 2.24) is 15.3 Å². The van der Waals surface area contributed by atoms with Gasteiger partial charge in [0.1, 0.15) is 5.82 Å². The van der Waals surface area contributed by atoms with E-state index in [1.54, 1.807) is 0 Å². The van der Waals surface area contributed by atoms with Crippen LogP contribution in [0.3, 0.4) is 0 Å². The highest BCUT2D eigenvalue weighted by molar-refractivity contribution is 6.28. The van der Waals surface area contributed by atoms with Crippen molar-refractivity contribution in [3.63, 3.8) is 0 Å². The average molecular weight is 287 g/mol. The van der Waals surface area contributed by atoms with E-state index < -0.39 is 0 Å². The van der Waals surface area contributed by atoms with Crippen LogP contribution in [0.1, 0.15) is 22.4 Å². The zero-order valence-corrected chi connectivity index (χ0v) is 11.8. The third-order valence-corrected chi connectivity index (χ3v) is 4.24. The molecule has 0 spiro atoms. The summed E-state index contributed by atoms with van der Waals surface area (Å²) >= 11 is 6.07. The highest BCUT2D eigenvalue weighted by Gasteiger charge is 2.24. The lowest BCUT2D eigenvalue weighted by Crippen LogP contribution is -2.32. The highest BCUT2D eigenvalue weighted by atomic mass is 35.5. The molecule has 0 bridgehead atoms.